The number of rotatable bonds is 5. The van der Waals surface area contributed by atoms with Crippen molar-refractivity contribution in [3.05, 3.63) is 0 Å². The summed E-state index contributed by atoms with van der Waals surface area (Å²) in [5.41, 5.74) is 5.91. The maximum Gasteiger partial charge on any atom is 0.191 e. The van der Waals surface area contributed by atoms with Crippen molar-refractivity contribution in [2.24, 2.45) is 10.7 Å². The molecule has 0 spiro atoms. The molecule has 1 unspecified atom stereocenters. The summed E-state index contributed by atoms with van der Waals surface area (Å²) >= 11 is 0. The van der Waals surface area contributed by atoms with E-state index in [1.54, 1.807) is 7.11 Å². The van der Waals surface area contributed by atoms with Crippen LogP contribution in [-0.2, 0) is 4.74 Å². The van der Waals surface area contributed by atoms with Gasteiger partial charge in [-0.05, 0) is 19.8 Å². The van der Waals surface area contributed by atoms with Crippen LogP contribution >= 0.6 is 0 Å². The molecule has 0 bridgehead atoms. The molecule has 0 aromatic heterocycles. The highest BCUT2D eigenvalue weighted by Crippen LogP contribution is 2.25. The van der Waals surface area contributed by atoms with Crippen molar-refractivity contribution in [3.63, 3.8) is 0 Å². The number of guanidine groups is 1. The Morgan fingerprint density at radius 1 is 1.64 bits per heavy atom. The average molecular weight is 199 g/mol. The molecule has 4 heteroatoms. The summed E-state index contributed by atoms with van der Waals surface area (Å²) in [5.74, 6) is 0.686. The lowest BCUT2D eigenvalue weighted by Gasteiger charge is -2.36. The molecule has 0 aliphatic carbocycles. The Balaban J connectivity index is 2.59. The third-order valence-electron chi connectivity index (χ3n) is 2.80. The van der Waals surface area contributed by atoms with E-state index in [0.29, 0.717) is 5.96 Å². The third-order valence-corrected chi connectivity index (χ3v) is 2.80. The van der Waals surface area contributed by atoms with Crippen LogP contribution < -0.4 is 5.73 Å². The zero-order chi connectivity index (χ0) is 10.6. The highest BCUT2D eigenvalue weighted by Gasteiger charge is 2.36. The van der Waals surface area contributed by atoms with Gasteiger partial charge >= 0.3 is 0 Å². The van der Waals surface area contributed by atoms with Crippen molar-refractivity contribution < 1.29 is 4.74 Å². The van der Waals surface area contributed by atoms with E-state index in [9.17, 15) is 0 Å². The third kappa shape index (κ3) is 2.18. The molecule has 82 valence electrons. The van der Waals surface area contributed by atoms with Crippen LogP contribution in [0.25, 0.3) is 0 Å². The summed E-state index contributed by atoms with van der Waals surface area (Å²) in [6.45, 7) is 6.89. The first-order chi connectivity index (χ1) is 6.64. The maximum absolute atomic E-state index is 5.85. The Hall–Kier alpha value is -0.770. The predicted octanol–water partition coefficient (Wildman–Crippen LogP) is 0.822. The number of hydrogen-bond donors (Lipinski definition) is 1. The van der Waals surface area contributed by atoms with Crippen LogP contribution in [-0.4, -0.2) is 43.2 Å². The first kappa shape index (κ1) is 11.3. The second-order valence-electron chi connectivity index (χ2n) is 4.07. The molecular weight excluding hydrogens is 178 g/mol. The summed E-state index contributed by atoms with van der Waals surface area (Å²) in [6, 6.07) is 0. The molecule has 0 aromatic rings. The first-order valence-electron chi connectivity index (χ1n) is 5.20. The SMILES string of the molecule is CCCN1C(N)=NCC1(C)CCOC. The van der Waals surface area contributed by atoms with Gasteiger partial charge in [-0.25, -0.2) is 0 Å². The van der Waals surface area contributed by atoms with E-state index in [0.717, 1.165) is 32.5 Å². The number of aliphatic imine (C=N–C) groups is 1. The fourth-order valence-corrected chi connectivity index (χ4v) is 1.84. The molecule has 0 saturated heterocycles. The lowest BCUT2D eigenvalue weighted by molar-refractivity contribution is 0.127. The van der Waals surface area contributed by atoms with E-state index < -0.39 is 0 Å². The molecule has 1 aliphatic rings. The van der Waals surface area contributed by atoms with Crippen molar-refractivity contribution in [1.29, 1.82) is 0 Å². The fraction of sp³-hybridized carbons (Fsp3) is 0.900. The van der Waals surface area contributed by atoms with E-state index in [1.165, 1.54) is 0 Å². The molecule has 0 saturated carbocycles. The first-order valence-corrected chi connectivity index (χ1v) is 5.20. The van der Waals surface area contributed by atoms with Gasteiger partial charge in [0.25, 0.3) is 0 Å². The van der Waals surface area contributed by atoms with Gasteiger partial charge in [0.2, 0.25) is 0 Å². The fourth-order valence-electron chi connectivity index (χ4n) is 1.84. The Kier molecular flexibility index (Phi) is 3.75. The highest BCUT2D eigenvalue weighted by molar-refractivity contribution is 5.80. The van der Waals surface area contributed by atoms with Gasteiger partial charge in [-0.2, -0.15) is 0 Å². The molecule has 1 heterocycles. The van der Waals surface area contributed by atoms with Gasteiger partial charge in [-0.1, -0.05) is 6.92 Å². The number of methoxy groups -OCH3 is 1. The van der Waals surface area contributed by atoms with Crippen LogP contribution in [0.1, 0.15) is 26.7 Å². The van der Waals surface area contributed by atoms with Crippen molar-refractivity contribution >= 4 is 5.96 Å². The minimum Gasteiger partial charge on any atom is -0.385 e. The summed E-state index contributed by atoms with van der Waals surface area (Å²) in [5, 5.41) is 0. The number of hydrogen-bond acceptors (Lipinski definition) is 4. The van der Waals surface area contributed by atoms with Gasteiger partial charge in [0.05, 0.1) is 12.1 Å². The second-order valence-corrected chi connectivity index (χ2v) is 4.07. The van der Waals surface area contributed by atoms with Crippen LogP contribution in [0.2, 0.25) is 0 Å². The van der Waals surface area contributed by atoms with Crippen molar-refractivity contribution in [2.45, 2.75) is 32.2 Å². The largest absolute Gasteiger partial charge is 0.385 e. The molecule has 2 N–H and O–H groups in total. The van der Waals surface area contributed by atoms with Gasteiger partial charge < -0.3 is 15.4 Å². The van der Waals surface area contributed by atoms with Crippen LogP contribution in [0.3, 0.4) is 0 Å². The zero-order valence-corrected chi connectivity index (χ0v) is 9.42. The van der Waals surface area contributed by atoms with E-state index in [1.807, 2.05) is 0 Å². The summed E-state index contributed by atoms with van der Waals surface area (Å²) in [6.07, 6.45) is 2.08. The quantitative estimate of drug-likeness (QED) is 0.713. The molecule has 0 aromatic carbocycles. The Morgan fingerprint density at radius 2 is 2.36 bits per heavy atom. The van der Waals surface area contributed by atoms with Crippen molar-refractivity contribution in [3.8, 4) is 0 Å². The minimum absolute atomic E-state index is 0.0656. The van der Waals surface area contributed by atoms with Crippen molar-refractivity contribution in [2.75, 3.05) is 26.8 Å². The second kappa shape index (κ2) is 4.64. The van der Waals surface area contributed by atoms with Gasteiger partial charge in [0.15, 0.2) is 5.96 Å². The molecule has 1 rings (SSSR count). The van der Waals surface area contributed by atoms with Crippen molar-refractivity contribution in [1.82, 2.24) is 4.90 Å². The van der Waals surface area contributed by atoms with E-state index in [2.05, 4.69) is 23.7 Å². The molecular formula is C10H21N3O. The summed E-state index contributed by atoms with van der Waals surface area (Å²) < 4.78 is 5.11. The molecule has 0 fully saturated rings. The number of nitrogens with zero attached hydrogens (tertiary/aromatic N) is 2. The van der Waals surface area contributed by atoms with E-state index >= 15 is 0 Å². The molecule has 1 aliphatic heterocycles. The lowest BCUT2D eigenvalue weighted by atomic mass is 9.97. The molecule has 0 radical (unpaired) electrons. The molecule has 1 atom stereocenters. The van der Waals surface area contributed by atoms with E-state index in [4.69, 9.17) is 10.5 Å². The predicted molar refractivity (Wildman–Crippen MR) is 58.4 cm³/mol. The average Bonchev–Trinajstić information content (AvgIpc) is 2.44. The van der Waals surface area contributed by atoms with E-state index in [-0.39, 0.29) is 5.54 Å². The van der Waals surface area contributed by atoms with Gasteiger partial charge in [0, 0.05) is 20.3 Å². The lowest BCUT2D eigenvalue weighted by Crippen LogP contribution is -2.50. The number of ether oxygens (including phenoxy) is 1. The van der Waals surface area contributed by atoms with Gasteiger partial charge in [-0.15, -0.1) is 0 Å². The Morgan fingerprint density at radius 3 is 2.93 bits per heavy atom. The molecule has 14 heavy (non-hydrogen) atoms. The maximum atomic E-state index is 5.85. The highest BCUT2D eigenvalue weighted by atomic mass is 16.5. The van der Waals surface area contributed by atoms with Crippen LogP contribution in [0, 0.1) is 0 Å². The Bertz CT molecular complexity index is 217. The van der Waals surface area contributed by atoms with Gasteiger partial charge in [0.1, 0.15) is 0 Å². The zero-order valence-electron chi connectivity index (χ0n) is 9.42. The summed E-state index contributed by atoms with van der Waals surface area (Å²) in [4.78, 5) is 6.51. The Labute approximate surface area is 86.1 Å². The monoisotopic (exact) mass is 199 g/mol. The topological polar surface area (TPSA) is 50.8 Å². The number of nitrogens with two attached hydrogens (primary N) is 1. The van der Waals surface area contributed by atoms with Crippen LogP contribution in [0.4, 0.5) is 0 Å². The van der Waals surface area contributed by atoms with Crippen LogP contribution in [0.15, 0.2) is 4.99 Å². The normalized spacial score (nSPS) is 26.8. The molecule has 4 nitrogen and oxygen atoms in total. The van der Waals surface area contributed by atoms with Crippen LogP contribution in [0.5, 0.6) is 0 Å². The smallest absolute Gasteiger partial charge is 0.191 e. The summed E-state index contributed by atoms with van der Waals surface area (Å²) in [7, 11) is 1.73. The molecule has 0 amide bonds. The standard InChI is InChI=1S/C10H21N3O/c1-4-6-13-9(11)12-8-10(13,2)5-7-14-3/h4-8H2,1-3H3,(H2,11,12). The minimum atomic E-state index is 0.0656. The van der Waals surface area contributed by atoms with Gasteiger partial charge in [-0.3, -0.25) is 4.99 Å².